The lowest BCUT2D eigenvalue weighted by Gasteiger charge is -2.13. The molecule has 0 saturated carbocycles. The molecular formula is C27H30O4S. The fourth-order valence-electron chi connectivity index (χ4n) is 3.22. The molecule has 3 aromatic carbocycles. The lowest BCUT2D eigenvalue weighted by Crippen LogP contribution is -2.13. The average Bonchev–Trinajstić information content (AvgIpc) is 3.28. The molecule has 1 saturated heterocycles. The molecule has 0 aliphatic carbocycles. The first-order valence-corrected chi connectivity index (χ1v) is 11.8. The summed E-state index contributed by atoms with van der Waals surface area (Å²) in [5.41, 5.74) is 3.84. The second-order valence-corrected chi connectivity index (χ2v) is 9.15. The minimum Gasteiger partial charge on any atom is -0.448 e. The van der Waals surface area contributed by atoms with Crippen LogP contribution in [0.1, 0.15) is 39.9 Å². The van der Waals surface area contributed by atoms with Crippen LogP contribution in [0.3, 0.4) is 0 Å². The van der Waals surface area contributed by atoms with E-state index in [0.717, 1.165) is 24.0 Å². The van der Waals surface area contributed by atoms with Crippen molar-refractivity contribution in [2.45, 2.75) is 43.7 Å². The molecule has 5 heteroatoms. The molecule has 4 nitrogen and oxygen atoms in total. The Morgan fingerprint density at radius 3 is 2.12 bits per heavy atom. The zero-order valence-corrected chi connectivity index (χ0v) is 19.2. The number of carbonyl (C=O) groups excluding carboxylic acids is 1. The second-order valence-electron chi connectivity index (χ2n) is 7.68. The zero-order chi connectivity index (χ0) is 22.6. The molecule has 0 amide bonds. The third-order valence-electron chi connectivity index (χ3n) is 5.04. The van der Waals surface area contributed by atoms with Gasteiger partial charge in [0.05, 0.1) is 25.4 Å². The van der Waals surface area contributed by atoms with Crippen molar-refractivity contribution in [3.05, 3.63) is 107 Å². The van der Waals surface area contributed by atoms with Gasteiger partial charge in [0.15, 0.2) is 0 Å². The molecule has 0 spiro atoms. The summed E-state index contributed by atoms with van der Waals surface area (Å²) >= 11 is 1.70. The van der Waals surface area contributed by atoms with Gasteiger partial charge in [-0.15, -0.1) is 11.8 Å². The highest BCUT2D eigenvalue weighted by atomic mass is 32.2. The largest absolute Gasteiger partial charge is 0.448 e. The summed E-state index contributed by atoms with van der Waals surface area (Å²) < 4.78 is 11.4. The van der Waals surface area contributed by atoms with Gasteiger partial charge in [0.2, 0.25) is 0 Å². The van der Waals surface area contributed by atoms with Crippen molar-refractivity contribution in [2.75, 3.05) is 6.61 Å². The molecule has 1 aliphatic heterocycles. The first-order valence-electron chi connectivity index (χ1n) is 10.8. The third kappa shape index (κ3) is 8.15. The molecule has 4 rings (SSSR count). The number of carbonyl (C=O) groups is 1. The van der Waals surface area contributed by atoms with Crippen LogP contribution in [-0.2, 0) is 22.7 Å². The number of benzene rings is 3. The van der Waals surface area contributed by atoms with Crippen molar-refractivity contribution in [2.24, 2.45) is 0 Å². The quantitative estimate of drug-likeness (QED) is 0.463. The summed E-state index contributed by atoms with van der Waals surface area (Å²) in [5, 5.41) is 8.93. The van der Waals surface area contributed by atoms with Crippen LogP contribution in [0.25, 0.3) is 0 Å². The molecule has 2 atom stereocenters. The van der Waals surface area contributed by atoms with E-state index in [0.29, 0.717) is 24.0 Å². The molecule has 1 fully saturated rings. The number of aliphatic hydroxyl groups excluding tert-OH is 1. The van der Waals surface area contributed by atoms with Crippen LogP contribution in [0.2, 0.25) is 0 Å². The number of aryl methyl sites for hydroxylation is 1. The predicted octanol–water partition coefficient (Wildman–Crippen LogP) is 5.77. The summed E-state index contributed by atoms with van der Waals surface area (Å²) in [6.07, 6.45) is 1.91. The summed E-state index contributed by atoms with van der Waals surface area (Å²) in [6, 6.07) is 27.2. The smallest absolute Gasteiger partial charge is 0.339 e. The Morgan fingerprint density at radius 1 is 0.906 bits per heavy atom. The summed E-state index contributed by atoms with van der Waals surface area (Å²) in [7, 11) is 0. The number of thioether (sulfide) groups is 1. The van der Waals surface area contributed by atoms with Crippen LogP contribution in [0.5, 0.6) is 0 Å². The monoisotopic (exact) mass is 450 g/mol. The molecule has 1 N–H and O–H groups in total. The van der Waals surface area contributed by atoms with Crippen molar-refractivity contribution in [3.8, 4) is 0 Å². The number of hydrogen-bond acceptors (Lipinski definition) is 5. The van der Waals surface area contributed by atoms with E-state index in [4.69, 9.17) is 14.6 Å². The number of aliphatic hydroxyl groups is 1. The molecular weight excluding hydrogens is 420 g/mol. The Kier molecular flexibility index (Phi) is 9.82. The highest BCUT2D eigenvalue weighted by molar-refractivity contribution is 8.00. The van der Waals surface area contributed by atoms with Gasteiger partial charge in [-0.25, -0.2) is 4.79 Å². The van der Waals surface area contributed by atoms with Crippen molar-refractivity contribution in [1.29, 1.82) is 0 Å². The molecule has 1 aliphatic rings. The Balaban J connectivity index is 0.000000305. The van der Waals surface area contributed by atoms with E-state index in [2.05, 4.69) is 12.1 Å². The molecule has 0 bridgehead atoms. The van der Waals surface area contributed by atoms with Crippen LogP contribution >= 0.6 is 11.8 Å². The average molecular weight is 451 g/mol. The van der Waals surface area contributed by atoms with E-state index < -0.39 is 0 Å². The number of hydrogen-bond donors (Lipinski definition) is 1. The van der Waals surface area contributed by atoms with Gasteiger partial charge < -0.3 is 14.6 Å². The minimum atomic E-state index is -0.238. The Labute approximate surface area is 194 Å². The van der Waals surface area contributed by atoms with E-state index in [9.17, 15) is 4.79 Å². The van der Waals surface area contributed by atoms with Gasteiger partial charge in [0.25, 0.3) is 0 Å². The molecule has 3 aromatic rings. The fourth-order valence-corrected chi connectivity index (χ4v) is 4.52. The Morgan fingerprint density at radius 2 is 1.53 bits per heavy atom. The highest BCUT2D eigenvalue weighted by Gasteiger charge is 2.28. The lowest BCUT2D eigenvalue weighted by molar-refractivity contribution is 0.0456. The van der Waals surface area contributed by atoms with Gasteiger partial charge in [-0.1, -0.05) is 78.4 Å². The third-order valence-corrected chi connectivity index (χ3v) is 6.43. The maximum Gasteiger partial charge on any atom is 0.339 e. The van der Waals surface area contributed by atoms with E-state index in [1.54, 1.807) is 11.8 Å². The summed E-state index contributed by atoms with van der Waals surface area (Å²) in [4.78, 5) is 12.2. The van der Waals surface area contributed by atoms with Crippen LogP contribution in [0.4, 0.5) is 0 Å². The van der Waals surface area contributed by atoms with E-state index in [-0.39, 0.29) is 18.0 Å². The van der Waals surface area contributed by atoms with Crippen LogP contribution < -0.4 is 0 Å². The first-order chi connectivity index (χ1) is 15.6. The Bertz CT molecular complexity index is 929. The topological polar surface area (TPSA) is 55.8 Å². The maximum absolute atomic E-state index is 12.2. The van der Waals surface area contributed by atoms with E-state index in [1.807, 2.05) is 79.7 Å². The van der Waals surface area contributed by atoms with Gasteiger partial charge in [-0.3, -0.25) is 0 Å². The molecule has 0 radical (unpaired) electrons. The van der Waals surface area contributed by atoms with Crippen LogP contribution in [0.15, 0.2) is 84.9 Å². The fraction of sp³-hybridized carbons (Fsp3) is 0.296. The molecule has 168 valence electrons. The van der Waals surface area contributed by atoms with Gasteiger partial charge in [0.1, 0.15) is 5.44 Å². The normalized spacial score (nSPS) is 17.3. The number of ether oxygens (including phenoxy) is 2. The van der Waals surface area contributed by atoms with Gasteiger partial charge in [-0.05, 0) is 43.0 Å². The standard InChI is InChI=1S/C20H22O3S.C7H8O/c1-15-7-9-17(10-8-15)20(21)23-19-12-11-18(24-19)14-22-13-16-5-3-2-4-6-16;8-6-7-4-2-1-3-5-7/h2-10,18-19H,11-14H2,1H3;1-5,8H,6H2/t18-,19?;/m0./s1. The van der Waals surface area contributed by atoms with E-state index >= 15 is 0 Å². The van der Waals surface area contributed by atoms with Gasteiger partial charge in [-0.2, -0.15) is 0 Å². The molecule has 1 unspecified atom stereocenters. The second kappa shape index (κ2) is 13.1. The van der Waals surface area contributed by atoms with Crippen molar-refractivity contribution in [1.82, 2.24) is 0 Å². The number of esters is 1. The SMILES string of the molecule is Cc1ccc(C(=O)OC2CC[C@@H](COCc3ccccc3)S2)cc1.OCc1ccccc1. The van der Waals surface area contributed by atoms with Crippen molar-refractivity contribution >= 4 is 17.7 Å². The minimum absolute atomic E-state index is 0.0656. The van der Waals surface area contributed by atoms with Gasteiger partial charge >= 0.3 is 5.97 Å². The molecule has 32 heavy (non-hydrogen) atoms. The summed E-state index contributed by atoms with van der Waals surface area (Å²) in [6.45, 7) is 3.46. The number of rotatable bonds is 7. The lowest BCUT2D eigenvalue weighted by atomic mass is 10.1. The molecule has 0 aromatic heterocycles. The van der Waals surface area contributed by atoms with Crippen molar-refractivity contribution < 1.29 is 19.4 Å². The van der Waals surface area contributed by atoms with Crippen molar-refractivity contribution in [3.63, 3.8) is 0 Å². The Hall–Kier alpha value is -2.60. The first kappa shape index (κ1) is 24.1. The maximum atomic E-state index is 12.2. The highest BCUT2D eigenvalue weighted by Crippen LogP contribution is 2.35. The summed E-state index contributed by atoms with van der Waals surface area (Å²) in [5.74, 6) is -0.238. The predicted molar refractivity (Wildman–Crippen MR) is 129 cm³/mol. The van der Waals surface area contributed by atoms with E-state index in [1.165, 1.54) is 5.56 Å². The molecule has 1 heterocycles. The van der Waals surface area contributed by atoms with Gasteiger partial charge in [0, 0.05) is 5.25 Å². The van der Waals surface area contributed by atoms with Crippen LogP contribution in [-0.4, -0.2) is 28.4 Å². The zero-order valence-electron chi connectivity index (χ0n) is 18.4. The van der Waals surface area contributed by atoms with Crippen LogP contribution in [0, 0.1) is 6.92 Å².